The van der Waals surface area contributed by atoms with Gasteiger partial charge in [0.15, 0.2) is 5.82 Å². The molecule has 1 aromatic carbocycles. The number of sulfonamides is 1. The van der Waals surface area contributed by atoms with Gasteiger partial charge in [-0.05, 0) is 23.7 Å². The van der Waals surface area contributed by atoms with E-state index >= 15 is 0 Å². The van der Waals surface area contributed by atoms with Gasteiger partial charge in [0, 0.05) is 27.2 Å². The van der Waals surface area contributed by atoms with Crippen molar-refractivity contribution in [2.45, 2.75) is 4.90 Å². The largest absolute Gasteiger partial charge is 0.378 e. The van der Waals surface area contributed by atoms with Crippen molar-refractivity contribution >= 4 is 38.8 Å². The van der Waals surface area contributed by atoms with E-state index in [1.165, 1.54) is 18.4 Å². The Morgan fingerprint density at radius 1 is 1.23 bits per heavy atom. The average molecular weight is 398 g/mol. The van der Waals surface area contributed by atoms with E-state index in [1.54, 1.807) is 30.5 Å². The minimum absolute atomic E-state index is 0.0810. The quantitative estimate of drug-likeness (QED) is 0.771. The van der Waals surface area contributed by atoms with E-state index in [9.17, 15) is 8.42 Å². The fourth-order valence-corrected chi connectivity index (χ4v) is 3.77. The first kappa shape index (κ1) is 18.8. The second-order valence-electron chi connectivity index (χ2n) is 5.88. The van der Waals surface area contributed by atoms with Crippen LogP contribution in [0.3, 0.4) is 0 Å². The van der Waals surface area contributed by atoms with Gasteiger partial charge in [-0.15, -0.1) is 0 Å². The molecule has 26 heavy (non-hydrogen) atoms. The van der Waals surface area contributed by atoms with Crippen molar-refractivity contribution in [2.24, 2.45) is 0 Å². The normalized spacial score (nSPS) is 15.3. The van der Waals surface area contributed by atoms with Gasteiger partial charge in [-0.25, -0.2) is 17.7 Å². The lowest BCUT2D eigenvalue weighted by atomic mass is 10.3. The molecule has 0 radical (unpaired) electrons. The lowest BCUT2D eigenvalue weighted by molar-refractivity contribution is 0.122. The van der Waals surface area contributed by atoms with Crippen LogP contribution in [0.25, 0.3) is 0 Å². The molecule has 2 heterocycles. The summed E-state index contributed by atoms with van der Waals surface area (Å²) in [5, 5.41) is 3.20. The summed E-state index contributed by atoms with van der Waals surface area (Å²) in [6, 6.07) is 6.68. The van der Waals surface area contributed by atoms with Gasteiger partial charge in [-0.1, -0.05) is 12.1 Å². The van der Waals surface area contributed by atoms with Crippen molar-refractivity contribution in [3.8, 4) is 0 Å². The van der Waals surface area contributed by atoms with Crippen LogP contribution < -0.4 is 10.2 Å². The highest BCUT2D eigenvalue weighted by Crippen LogP contribution is 2.31. The number of hydrogen-bond acceptors (Lipinski definition) is 7. The summed E-state index contributed by atoms with van der Waals surface area (Å²) in [6.07, 6.45) is 1.63. The number of aromatic nitrogens is 2. The molecular formula is C16H20ClN5O3S. The molecule has 0 saturated carbocycles. The van der Waals surface area contributed by atoms with Crippen molar-refractivity contribution in [3.05, 3.63) is 35.7 Å². The maximum absolute atomic E-state index is 12.6. The molecule has 1 aliphatic rings. The first-order chi connectivity index (χ1) is 12.4. The molecule has 1 fully saturated rings. The summed E-state index contributed by atoms with van der Waals surface area (Å²) in [6.45, 7) is 2.59. The van der Waals surface area contributed by atoms with E-state index in [2.05, 4.69) is 20.2 Å². The number of hydrogen-bond donors (Lipinski definition) is 1. The van der Waals surface area contributed by atoms with Crippen molar-refractivity contribution in [3.63, 3.8) is 0 Å². The van der Waals surface area contributed by atoms with Gasteiger partial charge in [-0.2, -0.15) is 4.98 Å². The van der Waals surface area contributed by atoms with Crippen LogP contribution in [0.1, 0.15) is 0 Å². The van der Waals surface area contributed by atoms with Crippen LogP contribution in [0.5, 0.6) is 0 Å². The molecule has 0 aliphatic carbocycles. The van der Waals surface area contributed by atoms with Gasteiger partial charge in [-0.3, -0.25) is 0 Å². The van der Waals surface area contributed by atoms with E-state index in [1.807, 2.05) is 0 Å². The van der Waals surface area contributed by atoms with Crippen molar-refractivity contribution in [2.75, 3.05) is 50.6 Å². The molecule has 1 saturated heterocycles. The summed E-state index contributed by atoms with van der Waals surface area (Å²) >= 11 is 5.97. The first-order valence-electron chi connectivity index (χ1n) is 8.03. The van der Waals surface area contributed by atoms with Gasteiger partial charge in [0.05, 0.1) is 30.8 Å². The number of ether oxygens (including phenoxy) is 1. The van der Waals surface area contributed by atoms with E-state index < -0.39 is 10.0 Å². The minimum atomic E-state index is -3.61. The molecule has 0 spiro atoms. The van der Waals surface area contributed by atoms with Crippen LogP contribution in [0.4, 0.5) is 17.2 Å². The molecule has 1 N–H and O–H groups in total. The number of anilines is 3. The number of nitrogens with zero attached hydrogens (tertiary/aromatic N) is 4. The van der Waals surface area contributed by atoms with Crippen LogP contribution in [0.2, 0.25) is 5.28 Å². The summed E-state index contributed by atoms with van der Waals surface area (Å²) in [5.41, 5.74) is 1.17. The summed E-state index contributed by atoms with van der Waals surface area (Å²) < 4.78 is 31.7. The van der Waals surface area contributed by atoms with Crippen LogP contribution in [0, 0.1) is 0 Å². The third kappa shape index (κ3) is 3.90. The monoisotopic (exact) mass is 397 g/mol. The highest BCUT2D eigenvalue weighted by atomic mass is 35.5. The topological polar surface area (TPSA) is 87.7 Å². The highest BCUT2D eigenvalue weighted by Gasteiger charge is 2.23. The van der Waals surface area contributed by atoms with Gasteiger partial charge >= 0.3 is 0 Å². The molecule has 1 aliphatic heterocycles. The molecule has 0 atom stereocenters. The van der Waals surface area contributed by atoms with Crippen molar-refractivity contribution in [1.82, 2.24) is 14.3 Å². The van der Waals surface area contributed by atoms with Gasteiger partial charge < -0.3 is 15.0 Å². The summed E-state index contributed by atoms with van der Waals surface area (Å²) in [4.78, 5) is 10.6. The minimum Gasteiger partial charge on any atom is -0.378 e. The lowest BCUT2D eigenvalue weighted by Crippen LogP contribution is -2.36. The van der Waals surface area contributed by atoms with Crippen molar-refractivity contribution < 1.29 is 13.2 Å². The van der Waals surface area contributed by atoms with Crippen molar-refractivity contribution in [1.29, 1.82) is 0 Å². The zero-order valence-corrected chi connectivity index (χ0v) is 16.1. The first-order valence-corrected chi connectivity index (χ1v) is 9.85. The smallest absolute Gasteiger partial charge is 0.244 e. The van der Waals surface area contributed by atoms with Gasteiger partial charge in [0.1, 0.15) is 4.90 Å². The number of nitrogens with one attached hydrogen (secondary N) is 1. The molecular weight excluding hydrogens is 378 g/mol. The maximum Gasteiger partial charge on any atom is 0.244 e. The number of halogens is 1. The van der Waals surface area contributed by atoms with E-state index in [-0.39, 0.29) is 10.2 Å². The fourth-order valence-electron chi connectivity index (χ4n) is 2.60. The van der Waals surface area contributed by atoms with Crippen LogP contribution in [-0.4, -0.2) is 63.1 Å². The van der Waals surface area contributed by atoms with Gasteiger partial charge in [0.25, 0.3) is 0 Å². The van der Waals surface area contributed by atoms with Gasteiger partial charge in [0.2, 0.25) is 15.3 Å². The Labute approximate surface area is 157 Å². The molecule has 0 amide bonds. The summed E-state index contributed by atoms with van der Waals surface area (Å²) in [7, 11) is -0.629. The highest BCUT2D eigenvalue weighted by molar-refractivity contribution is 7.89. The van der Waals surface area contributed by atoms with E-state index in [4.69, 9.17) is 16.3 Å². The molecule has 0 unspecified atom stereocenters. The lowest BCUT2D eigenvalue weighted by Gasteiger charge is -2.30. The second kappa shape index (κ2) is 7.75. The predicted molar refractivity (Wildman–Crippen MR) is 101 cm³/mol. The molecule has 2 aromatic rings. The third-order valence-corrected chi connectivity index (χ3v) is 6.05. The molecule has 1 aromatic heterocycles. The zero-order valence-electron chi connectivity index (χ0n) is 14.5. The summed E-state index contributed by atoms with van der Waals surface area (Å²) in [5.74, 6) is 0.452. The number of rotatable bonds is 5. The number of morpholine rings is 1. The Hall–Kier alpha value is -1.94. The number of benzene rings is 1. The fraction of sp³-hybridized carbons (Fsp3) is 0.375. The van der Waals surface area contributed by atoms with E-state index in [0.29, 0.717) is 37.8 Å². The third-order valence-electron chi connectivity index (χ3n) is 3.99. The Bertz CT molecular complexity index is 885. The Morgan fingerprint density at radius 2 is 1.92 bits per heavy atom. The molecule has 140 valence electrons. The standard InChI is InChI=1S/C16H20ClN5O3S/c1-21(2)26(23,24)14-6-4-3-5-12(14)19-15-13(11-18-16(17)20-15)22-7-9-25-10-8-22/h3-6,11H,7-10H2,1-2H3,(H,18,19,20). The van der Waals surface area contributed by atoms with Crippen LogP contribution in [-0.2, 0) is 14.8 Å². The second-order valence-corrected chi connectivity index (χ2v) is 8.34. The Kier molecular flexibility index (Phi) is 5.61. The van der Waals surface area contributed by atoms with E-state index in [0.717, 1.165) is 5.69 Å². The molecule has 3 rings (SSSR count). The SMILES string of the molecule is CN(C)S(=O)(=O)c1ccccc1Nc1nc(Cl)ncc1N1CCOCC1. The van der Waals surface area contributed by atoms with Crippen LogP contribution in [0.15, 0.2) is 35.4 Å². The molecule has 8 nitrogen and oxygen atoms in total. The molecule has 10 heteroatoms. The average Bonchev–Trinajstić information content (AvgIpc) is 2.63. The molecule has 0 bridgehead atoms. The van der Waals surface area contributed by atoms with Crippen LogP contribution >= 0.6 is 11.6 Å². The predicted octanol–water partition coefficient (Wildman–Crippen LogP) is 1.96. The Balaban J connectivity index is 2.01. The number of para-hydroxylation sites is 1. The Morgan fingerprint density at radius 3 is 2.62 bits per heavy atom. The maximum atomic E-state index is 12.6. The zero-order chi connectivity index (χ0) is 18.7.